The zero-order valence-electron chi connectivity index (χ0n) is 10.6. The largest absolute Gasteiger partial charge is 0.393 e. The van der Waals surface area contributed by atoms with Crippen molar-refractivity contribution in [1.29, 1.82) is 0 Å². The second kappa shape index (κ2) is 7.21. The van der Waals surface area contributed by atoms with Crippen LogP contribution in [0.15, 0.2) is 0 Å². The van der Waals surface area contributed by atoms with Gasteiger partial charge in [0.1, 0.15) is 0 Å². The molecule has 0 saturated heterocycles. The van der Waals surface area contributed by atoms with Crippen molar-refractivity contribution in [3.63, 3.8) is 0 Å². The monoisotopic (exact) mass is 274 g/mol. The van der Waals surface area contributed by atoms with E-state index in [1.807, 2.05) is 18.7 Å². The van der Waals surface area contributed by atoms with Crippen LogP contribution < -0.4 is 11.1 Å². The number of thioether (sulfide) groups is 1. The van der Waals surface area contributed by atoms with E-state index < -0.39 is 0 Å². The number of thiocarbonyl (C=S) groups is 1. The minimum atomic E-state index is -0.289. The summed E-state index contributed by atoms with van der Waals surface area (Å²) in [6.45, 7) is 2.04. The summed E-state index contributed by atoms with van der Waals surface area (Å²) in [4.78, 5) is 12.4. The van der Waals surface area contributed by atoms with Crippen LogP contribution in [0.1, 0.15) is 39.0 Å². The van der Waals surface area contributed by atoms with E-state index in [0.29, 0.717) is 16.3 Å². The van der Waals surface area contributed by atoms with Gasteiger partial charge in [-0.15, -0.1) is 0 Å². The van der Waals surface area contributed by atoms with E-state index >= 15 is 0 Å². The maximum Gasteiger partial charge on any atom is 0.230 e. The number of hydrogen-bond acceptors (Lipinski definition) is 3. The van der Waals surface area contributed by atoms with Crippen molar-refractivity contribution in [2.45, 2.75) is 50.3 Å². The molecule has 17 heavy (non-hydrogen) atoms. The molecule has 0 aromatic carbocycles. The molecule has 1 saturated carbocycles. The molecular formula is C12H22N2OS2. The topological polar surface area (TPSA) is 55.1 Å². The van der Waals surface area contributed by atoms with Crippen LogP contribution in [-0.4, -0.2) is 28.4 Å². The number of rotatable bonds is 6. The number of amides is 1. The zero-order chi connectivity index (χ0) is 12.8. The van der Waals surface area contributed by atoms with Gasteiger partial charge < -0.3 is 11.1 Å². The zero-order valence-corrected chi connectivity index (χ0v) is 12.2. The first-order chi connectivity index (χ1) is 8.08. The van der Waals surface area contributed by atoms with E-state index in [2.05, 4.69) is 11.6 Å². The molecule has 3 unspecified atom stereocenters. The van der Waals surface area contributed by atoms with E-state index in [0.717, 1.165) is 25.7 Å². The van der Waals surface area contributed by atoms with E-state index in [-0.39, 0.29) is 11.8 Å². The molecule has 1 aliphatic carbocycles. The van der Waals surface area contributed by atoms with Crippen LogP contribution in [0.2, 0.25) is 0 Å². The smallest absolute Gasteiger partial charge is 0.230 e. The number of carbonyl (C=O) groups excluding carboxylic acids is 1. The highest BCUT2D eigenvalue weighted by atomic mass is 32.2. The molecule has 1 aliphatic rings. The van der Waals surface area contributed by atoms with Crippen molar-refractivity contribution < 1.29 is 4.79 Å². The molecule has 0 spiro atoms. The number of hydrogen-bond donors (Lipinski definition) is 2. The first-order valence-corrected chi connectivity index (χ1v) is 7.90. The van der Waals surface area contributed by atoms with Crippen LogP contribution >= 0.6 is 24.0 Å². The number of carbonyl (C=O) groups is 1. The molecule has 0 aromatic rings. The first kappa shape index (κ1) is 14.8. The predicted octanol–water partition coefficient (Wildman–Crippen LogP) is 2.09. The van der Waals surface area contributed by atoms with Gasteiger partial charge in [-0.25, -0.2) is 0 Å². The molecule has 0 aromatic heterocycles. The Hall–Kier alpha value is -0.290. The second-order valence-corrected chi connectivity index (χ2v) is 6.23. The lowest BCUT2D eigenvalue weighted by atomic mass is 10.0. The van der Waals surface area contributed by atoms with E-state index in [4.69, 9.17) is 18.0 Å². The van der Waals surface area contributed by atoms with Crippen LogP contribution in [-0.2, 0) is 4.79 Å². The van der Waals surface area contributed by atoms with Crippen LogP contribution in [0, 0.1) is 5.92 Å². The SMILES string of the molecule is CCCC(C(=O)NC1CCC(SC)C1)C(N)=S. The van der Waals surface area contributed by atoms with Gasteiger partial charge in [0.15, 0.2) is 0 Å². The lowest BCUT2D eigenvalue weighted by Crippen LogP contribution is -2.42. The molecular weight excluding hydrogens is 252 g/mol. The molecule has 5 heteroatoms. The lowest BCUT2D eigenvalue weighted by Gasteiger charge is -2.18. The molecule has 1 amide bonds. The van der Waals surface area contributed by atoms with E-state index in [9.17, 15) is 4.79 Å². The van der Waals surface area contributed by atoms with Crippen LogP contribution in [0.5, 0.6) is 0 Å². The second-order valence-electron chi connectivity index (χ2n) is 4.62. The van der Waals surface area contributed by atoms with Gasteiger partial charge in [0.25, 0.3) is 0 Å². The molecule has 3 atom stereocenters. The normalized spacial score (nSPS) is 25.5. The molecule has 0 aliphatic heterocycles. The van der Waals surface area contributed by atoms with Gasteiger partial charge in [-0.3, -0.25) is 4.79 Å². The summed E-state index contributed by atoms with van der Waals surface area (Å²) < 4.78 is 0. The highest BCUT2D eigenvalue weighted by molar-refractivity contribution is 7.99. The van der Waals surface area contributed by atoms with Crippen LogP contribution in [0.25, 0.3) is 0 Å². The van der Waals surface area contributed by atoms with Gasteiger partial charge in [0.05, 0.1) is 10.9 Å². The van der Waals surface area contributed by atoms with Crippen molar-refractivity contribution in [2.24, 2.45) is 11.7 Å². The highest BCUT2D eigenvalue weighted by Gasteiger charge is 2.28. The Morgan fingerprint density at radius 1 is 1.59 bits per heavy atom. The fraction of sp³-hybridized carbons (Fsp3) is 0.833. The highest BCUT2D eigenvalue weighted by Crippen LogP contribution is 2.28. The van der Waals surface area contributed by atoms with Gasteiger partial charge in [-0.2, -0.15) is 11.8 Å². The Bertz CT molecular complexity index is 284. The van der Waals surface area contributed by atoms with Gasteiger partial charge in [-0.1, -0.05) is 25.6 Å². The van der Waals surface area contributed by atoms with Crippen molar-refractivity contribution in [2.75, 3.05) is 6.26 Å². The number of nitrogens with two attached hydrogens (primary N) is 1. The first-order valence-electron chi connectivity index (χ1n) is 6.21. The fourth-order valence-electron chi connectivity index (χ4n) is 2.28. The Labute approximate surface area is 113 Å². The van der Waals surface area contributed by atoms with Gasteiger partial charge in [0, 0.05) is 11.3 Å². The van der Waals surface area contributed by atoms with Crippen molar-refractivity contribution in [1.82, 2.24) is 5.32 Å². The summed E-state index contributed by atoms with van der Waals surface area (Å²) in [7, 11) is 0. The van der Waals surface area contributed by atoms with Crippen molar-refractivity contribution in [3.05, 3.63) is 0 Å². The third-order valence-corrected chi connectivity index (χ3v) is 4.68. The van der Waals surface area contributed by atoms with Gasteiger partial charge in [0.2, 0.25) is 5.91 Å². The minimum absolute atomic E-state index is 0.0195. The summed E-state index contributed by atoms with van der Waals surface area (Å²) >= 11 is 6.84. The third-order valence-electron chi connectivity index (χ3n) is 3.30. The maximum absolute atomic E-state index is 12.0. The standard InChI is InChI=1S/C12H22N2OS2/c1-3-4-10(11(13)16)12(15)14-8-5-6-9(7-8)17-2/h8-10H,3-7H2,1-2H3,(H2,13,16)(H,14,15). The quantitative estimate of drug-likeness (QED) is 0.728. The Morgan fingerprint density at radius 2 is 2.29 bits per heavy atom. The summed E-state index contributed by atoms with van der Waals surface area (Å²) in [5, 5.41) is 3.78. The van der Waals surface area contributed by atoms with Crippen LogP contribution in [0.4, 0.5) is 0 Å². The summed E-state index contributed by atoms with van der Waals surface area (Å²) in [5.41, 5.74) is 5.62. The molecule has 3 N–H and O–H groups in total. The van der Waals surface area contributed by atoms with E-state index in [1.165, 1.54) is 6.42 Å². The van der Waals surface area contributed by atoms with E-state index in [1.54, 1.807) is 0 Å². The summed E-state index contributed by atoms with van der Waals surface area (Å²) in [6.07, 6.45) is 7.14. The Morgan fingerprint density at radius 3 is 2.76 bits per heavy atom. The van der Waals surface area contributed by atoms with Gasteiger partial charge in [-0.05, 0) is 31.9 Å². The van der Waals surface area contributed by atoms with Crippen LogP contribution in [0.3, 0.4) is 0 Å². The third kappa shape index (κ3) is 4.47. The van der Waals surface area contributed by atoms with Gasteiger partial charge >= 0.3 is 0 Å². The number of nitrogens with one attached hydrogen (secondary N) is 1. The Balaban J connectivity index is 2.44. The summed E-state index contributed by atoms with van der Waals surface area (Å²) in [6, 6.07) is 0.314. The molecule has 1 rings (SSSR count). The molecule has 0 radical (unpaired) electrons. The molecule has 0 bridgehead atoms. The maximum atomic E-state index is 12.0. The summed E-state index contributed by atoms with van der Waals surface area (Å²) in [5.74, 6) is -0.269. The minimum Gasteiger partial charge on any atom is -0.393 e. The molecule has 98 valence electrons. The van der Waals surface area contributed by atoms with Crippen molar-refractivity contribution in [3.8, 4) is 0 Å². The molecule has 3 nitrogen and oxygen atoms in total. The molecule has 0 heterocycles. The lowest BCUT2D eigenvalue weighted by molar-refractivity contribution is -0.123. The Kier molecular flexibility index (Phi) is 6.27. The predicted molar refractivity (Wildman–Crippen MR) is 78.3 cm³/mol. The average Bonchev–Trinajstić information content (AvgIpc) is 2.72. The molecule has 1 fully saturated rings. The fourth-order valence-corrected chi connectivity index (χ4v) is 3.30. The van der Waals surface area contributed by atoms with Crippen molar-refractivity contribution >= 4 is 34.9 Å². The average molecular weight is 274 g/mol.